The van der Waals surface area contributed by atoms with E-state index in [4.69, 9.17) is 4.74 Å². The summed E-state index contributed by atoms with van der Waals surface area (Å²) in [5.41, 5.74) is 3.47. The van der Waals surface area contributed by atoms with Crippen molar-refractivity contribution < 1.29 is 4.74 Å². The number of nitrogens with one attached hydrogen (secondary N) is 1. The van der Waals surface area contributed by atoms with Crippen molar-refractivity contribution in [2.45, 2.75) is 33.6 Å². The average Bonchev–Trinajstić information content (AvgIpc) is 2.30. The molecule has 4 heteroatoms. The molecule has 0 unspecified atom stereocenters. The highest BCUT2D eigenvalue weighted by atomic mass is 16.5. The van der Waals surface area contributed by atoms with Gasteiger partial charge in [0.25, 0.3) is 0 Å². The molecule has 0 atom stereocenters. The van der Waals surface area contributed by atoms with Crippen LogP contribution in [0.5, 0.6) is 0 Å². The number of nitrogens with zero attached hydrogens (tertiary/aromatic N) is 2. The van der Waals surface area contributed by atoms with Crippen molar-refractivity contribution >= 4 is 0 Å². The molecule has 0 aromatic carbocycles. The average molecular weight is 237 g/mol. The quantitative estimate of drug-likeness (QED) is 0.729. The molecule has 17 heavy (non-hydrogen) atoms. The van der Waals surface area contributed by atoms with E-state index in [1.165, 1.54) is 5.56 Å². The maximum absolute atomic E-state index is 5.05. The lowest BCUT2D eigenvalue weighted by Gasteiger charge is -2.11. The third-order valence-electron chi connectivity index (χ3n) is 2.80. The largest absolute Gasteiger partial charge is 0.384 e. The van der Waals surface area contributed by atoms with Gasteiger partial charge in [-0.3, -0.25) is 0 Å². The van der Waals surface area contributed by atoms with Crippen LogP contribution in [0.4, 0.5) is 0 Å². The van der Waals surface area contributed by atoms with Gasteiger partial charge in [0, 0.05) is 24.9 Å². The summed E-state index contributed by atoms with van der Waals surface area (Å²) in [4.78, 5) is 9.06. The molecule has 1 rings (SSSR count). The van der Waals surface area contributed by atoms with Gasteiger partial charge in [0.2, 0.25) is 0 Å². The van der Waals surface area contributed by atoms with Crippen LogP contribution in [0.3, 0.4) is 0 Å². The number of rotatable bonds is 7. The van der Waals surface area contributed by atoms with E-state index >= 15 is 0 Å². The molecule has 4 nitrogen and oxygen atoms in total. The smallest absolute Gasteiger partial charge is 0.131 e. The van der Waals surface area contributed by atoms with Crippen molar-refractivity contribution in [2.24, 2.45) is 0 Å². The van der Waals surface area contributed by atoms with Crippen molar-refractivity contribution in [3.8, 4) is 0 Å². The van der Waals surface area contributed by atoms with Gasteiger partial charge in [-0.05, 0) is 38.9 Å². The van der Waals surface area contributed by atoms with E-state index in [1.54, 1.807) is 7.11 Å². The van der Waals surface area contributed by atoms with Gasteiger partial charge in [-0.1, -0.05) is 6.92 Å². The Bertz CT molecular complexity index is 330. The zero-order valence-corrected chi connectivity index (χ0v) is 11.3. The van der Waals surface area contributed by atoms with Crippen LogP contribution in [0.2, 0.25) is 0 Å². The Morgan fingerprint density at radius 3 is 2.29 bits per heavy atom. The molecule has 0 aliphatic heterocycles. The van der Waals surface area contributed by atoms with Gasteiger partial charge in [0.15, 0.2) is 0 Å². The summed E-state index contributed by atoms with van der Waals surface area (Å²) in [6.45, 7) is 8.90. The predicted molar refractivity (Wildman–Crippen MR) is 69.3 cm³/mol. The van der Waals surface area contributed by atoms with Crippen LogP contribution in [0.25, 0.3) is 0 Å². The van der Waals surface area contributed by atoms with Crippen molar-refractivity contribution in [3.63, 3.8) is 0 Å². The molecule has 0 saturated carbocycles. The minimum atomic E-state index is 0.676. The molecular formula is C13H23N3O. The fourth-order valence-corrected chi connectivity index (χ4v) is 1.87. The second kappa shape index (κ2) is 7.35. The van der Waals surface area contributed by atoms with E-state index in [0.29, 0.717) is 6.61 Å². The first kappa shape index (κ1) is 14.1. The number of ether oxygens (including phenoxy) is 1. The van der Waals surface area contributed by atoms with Crippen molar-refractivity contribution in [2.75, 3.05) is 26.8 Å². The lowest BCUT2D eigenvalue weighted by atomic mass is 10.1. The highest BCUT2D eigenvalue weighted by Crippen LogP contribution is 2.11. The molecule has 0 saturated heterocycles. The van der Waals surface area contributed by atoms with Crippen LogP contribution in [0, 0.1) is 13.8 Å². The first-order valence-electron chi connectivity index (χ1n) is 6.21. The van der Waals surface area contributed by atoms with E-state index in [-0.39, 0.29) is 0 Å². The van der Waals surface area contributed by atoms with Crippen molar-refractivity contribution in [1.82, 2.24) is 15.3 Å². The normalized spacial score (nSPS) is 10.8. The number of likely N-dealkylation sites (N-methyl/N-ethyl adjacent to an activating group) is 1. The van der Waals surface area contributed by atoms with E-state index in [0.717, 1.165) is 43.1 Å². The van der Waals surface area contributed by atoms with Crippen LogP contribution in [0.1, 0.15) is 29.7 Å². The Labute approximate surface area is 104 Å². The third-order valence-corrected chi connectivity index (χ3v) is 2.80. The predicted octanol–water partition coefficient (Wildman–Crippen LogP) is 1.43. The molecule has 1 heterocycles. The molecule has 1 aromatic heterocycles. The van der Waals surface area contributed by atoms with Crippen LogP contribution in [-0.4, -0.2) is 36.8 Å². The first-order chi connectivity index (χ1) is 8.19. The van der Waals surface area contributed by atoms with Gasteiger partial charge in [-0.15, -0.1) is 0 Å². The molecular weight excluding hydrogens is 214 g/mol. The Balaban J connectivity index is 2.72. The number of aryl methyl sites for hydroxylation is 2. The van der Waals surface area contributed by atoms with E-state index in [9.17, 15) is 0 Å². The second-order valence-electron chi connectivity index (χ2n) is 4.14. The summed E-state index contributed by atoms with van der Waals surface area (Å²) in [6, 6.07) is 0. The van der Waals surface area contributed by atoms with Gasteiger partial charge in [0.1, 0.15) is 5.82 Å². The molecule has 0 spiro atoms. The van der Waals surface area contributed by atoms with Crippen LogP contribution < -0.4 is 5.32 Å². The highest BCUT2D eigenvalue weighted by molar-refractivity contribution is 5.24. The maximum Gasteiger partial charge on any atom is 0.131 e. The molecule has 0 radical (unpaired) electrons. The van der Waals surface area contributed by atoms with Crippen LogP contribution in [0.15, 0.2) is 0 Å². The van der Waals surface area contributed by atoms with E-state index in [1.807, 2.05) is 0 Å². The molecule has 0 aliphatic rings. The van der Waals surface area contributed by atoms with E-state index in [2.05, 4.69) is 36.1 Å². The summed E-state index contributed by atoms with van der Waals surface area (Å²) in [5, 5.41) is 3.32. The Morgan fingerprint density at radius 2 is 1.76 bits per heavy atom. The number of hydrogen-bond donors (Lipinski definition) is 1. The molecule has 1 aromatic rings. The first-order valence-corrected chi connectivity index (χ1v) is 6.21. The molecule has 1 N–H and O–H groups in total. The lowest BCUT2D eigenvalue weighted by molar-refractivity contribution is 0.200. The maximum atomic E-state index is 5.05. The minimum absolute atomic E-state index is 0.676. The van der Waals surface area contributed by atoms with Gasteiger partial charge >= 0.3 is 0 Å². The zero-order chi connectivity index (χ0) is 12.7. The number of hydrogen-bond acceptors (Lipinski definition) is 4. The Morgan fingerprint density at radius 1 is 1.12 bits per heavy atom. The second-order valence-corrected chi connectivity index (χ2v) is 4.14. The summed E-state index contributed by atoms with van der Waals surface area (Å²) in [7, 11) is 1.70. The standard InChI is InChI=1S/C13H23N3O/c1-5-14-8-6-12-10(2)15-13(7-9-17-4)16-11(12)3/h14H,5-9H2,1-4H3. The summed E-state index contributed by atoms with van der Waals surface area (Å²) >= 11 is 0. The molecule has 0 fully saturated rings. The minimum Gasteiger partial charge on any atom is -0.384 e. The Hall–Kier alpha value is -1.00. The Kier molecular flexibility index (Phi) is 6.08. The monoisotopic (exact) mass is 237 g/mol. The van der Waals surface area contributed by atoms with Gasteiger partial charge in [-0.25, -0.2) is 9.97 Å². The topological polar surface area (TPSA) is 47.0 Å². The molecule has 0 aliphatic carbocycles. The van der Waals surface area contributed by atoms with Crippen LogP contribution >= 0.6 is 0 Å². The lowest BCUT2D eigenvalue weighted by Crippen LogP contribution is -2.18. The van der Waals surface area contributed by atoms with Gasteiger partial charge in [-0.2, -0.15) is 0 Å². The van der Waals surface area contributed by atoms with Crippen LogP contribution in [-0.2, 0) is 17.6 Å². The molecule has 0 amide bonds. The third kappa shape index (κ3) is 4.40. The fourth-order valence-electron chi connectivity index (χ4n) is 1.87. The van der Waals surface area contributed by atoms with Crippen molar-refractivity contribution in [3.05, 3.63) is 22.8 Å². The van der Waals surface area contributed by atoms with Crippen molar-refractivity contribution in [1.29, 1.82) is 0 Å². The van der Waals surface area contributed by atoms with Gasteiger partial charge < -0.3 is 10.1 Å². The summed E-state index contributed by atoms with van der Waals surface area (Å²) in [5.74, 6) is 0.883. The zero-order valence-electron chi connectivity index (χ0n) is 11.3. The summed E-state index contributed by atoms with van der Waals surface area (Å²) < 4.78 is 5.05. The van der Waals surface area contributed by atoms with E-state index < -0.39 is 0 Å². The highest BCUT2D eigenvalue weighted by Gasteiger charge is 2.07. The number of aromatic nitrogens is 2. The summed E-state index contributed by atoms with van der Waals surface area (Å²) in [6.07, 6.45) is 1.78. The number of methoxy groups -OCH3 is 1. The molecule has 0 bridgehead atoms. The van der Waals surface area contributed by atoms with Gasteiger partial charge in [0.05, 0.1) is 6.61 Å². The SMILES string of the molecule is CCNCCc1c(C)nc(CCOC)nc1C. The fraction of sp³-hybridized carbons (Fsp3) is 0.692. The molecule has 96 valence electrons.